The first-order valence-electron chi connectivity index (χ1n) is 5.66. The third-order valence-corrected chi connectivity index (χ3v) is 2.77. The van der Waals surface area contributed by atoms with Crippen molar-refractivity contribution in [3.05, 3.63) is 47.8 Å². The molecule has 0 aliphatic rings. The second-order valence-electron chi connectivity index (χ2n) is 3.90. The molecule has 0 aliphatic heterocycles. The maximum absolute atomic E-state index is 5.65. The van der Waals surface area contributed by atoms with Gasteiger partial charge in [-0.05, 0) is 31.5 Å². The lowest BCUT2D eigenvalue weighted by Gasteiger charge is -2.17. The third-order valence-electron chi connectivity index (χ3n) is 2.77. The Morgan fingerprint density at radius 1 is 1.41 bits per heavy atom. The van der Waals surface area contributed by atoms with Gasteiger partial charge in [-0.3, -0.25) is 10.8 Å². The van der Waals surface area contributed by atoms with Gasteiger partial charge in [-0.1, -0.05) is 0 Å². The van der Waals surface area contributed by atoms with Crippen molar-refractivity contribution in [2.24, 2.45) is 5.84 Å². The molecule has 0 aromatic carbocycles. The minimum Gasteiger partial charge on any atom is -0.334 e. The SMILES string of the molecule is CCn1ccnc1C(NN)c1ccnc(C)c1. The molecular formula is C12H17N5. The summed E-state index contributed by atoms with van der Waals surface area (Å²) in [4.78, 5) is 8.55. The van der Waals surface area contributed by atoms with Gasteiger partial charge in [0.1, 0.15) is 11.9 Å². The topological polar surface area (TPSA) is 68.8 Å². The molecule has 0 bridgehead atoms. The van der Waals surface area contributed by atoms with Gasteiger partial charge in [0.2, 0.25) is 0 Å². The summed E-state index contributed by atoms with van der Waals surface area (Å²) in [7, 11) is 0. The summed E-state index contributed by atoms with van der Waals surface area (Å²) in [5, 5.41) is 0. The number of rotatable bonds is 4. The molecule has 0 saturated carbocycles. The van der Waals surface area contributed by atoms with Crippen LogP contribution in [0.5, 0.6) is 0 Å². The molecule has 2 heterocycles. The van der Waals surface area contributed by atoms with Crippen LogP contribution in [0.2, 0.25) is 0 Å². The highest BCUT2D eigenvalue weighted by molar-refractivity contribution is 5.25. The Hall–Kier alpha value is -1.72. The Morgan fingerprint density at radius 2 is 2.24 bits per heavy atom. The molecule has 90 valence electrons. The molecule has 0 fully saturated rings. The molecule has 2 aromatic rings. The first kappa shape index (κ1) is 11.8. The van der Waals surface area contributed by atoms with E-state index in [-0.39, 0.29) is 6.04 Å². The summed E-state index contributed by atoms with van der Waals surface area (Å²) >= 11 is 0. The molecule has 0 aliphatic carbocycles. The van der Waals surface area contributed by atoms with Gasteiger partial charge < -0.3 is 4.57 Å². The van der Waals surface area contributed by atoms with Gasteiger partial charge >= 0.3 is 0 Å². The minimum absolute atomic E-state index is 0.105. The number of pyridine rings is 1. The van der Waals surface area contributed by atoms with Crippen molar-refractivity contribution in [3.8, 4) is 0 Å². The van der Waals surface area contributed by atoms with Crippen molar-refractivity contribution >= 4 is 0 Å². The molecule has 0 amide bonds. The van der Waals surface area contributed by atoms with Gasteiger partial charge in [-0.15, -0.1) is 0 Å². The van der Waals surface area contributed by atoms with E-state index in [0.717, 1.165) is 23.6 Å². The van der Waals surface area contributed by atoms with Crippen LogP contribution < -0.4 is 11.3 Å². The van der Waals surface area contributed by atoms with E-state index in [1.165, 1.54) is 0 Å². The number of hydrogen-bond acceptors (Lipinski definition) is 4. The standard InChI is InChI=1S/C12H17N5/c1-3-17-7-6-15-12(17)11(16-13)10-4-5-14-9(2)8-10/h4-8,11,16H,3,13H2,1-2H3. The largest absolute Gasteiger partial charge is 0.334 e. The van der Waals surface area contributed by atoms with Crippen LogP contribution in [0.15, 0.2) is 30.7 Å². The van der Waals surface area contributed by atoms with Gasteiger partial charge in [0.05, 0.1) is 0 Å². The van der Waals surface area contributed by atoms with Crippen LogP contribution in [-0.2, 0) is 6.54 Å². The summed E-state index contributed by atoms with van der Waals surface area (Å²) in [6.45, 7) is 4.91. The highest BCUT2D eigenvalue weighted by Crippen LogP contribution is 2.19. The zero-order valence-electron chi connectivity index (χ0n) is 10.1. The Kier molecular flexibility index (Phi) is 3.51. The first-order chi connectivity index (χ1) is 8.26. The van der Waals surface area contributed by atoms with Crippen LogP contribution in [0.25, 0.3) is 0 Å². The molecule has 5 heteroatoms. The molecule has 1 atom stereocenters. The van der Waals surface area contributed by atoms with Crippen LogP contribution >= 0.6 is 0 Å². The maximum Gasteiger partial charge on any atom is 0.131 e. The molecule has 17 heavy (non-hydrogen) atoms. The van der Waals surface area contributed by atoms with Crippen molar-refractivity contribution in [1.82, 2.24) is 20.0 Å². The first-order valence-corrected chi connectivity index (χ1v) is 5.66. The fourth-order valence-electron chi connectivity index (χ4n) is 1.92. The van der Waals surface area contributed by atoms with Crippen molar-refractivity contribution in [3.63, 3.8) is 0 Å². The number of nitrogens with one attached hydrogen (secondary N) is 1. The molecule has 2 aromatic heterocycles. The predicted molar refractivity (Wildman–Crippen MR) is 66.0 cm³/mol. The molecule has 0 saturated heterocycles. The summed E-state index contributed by atoms with van der Waals surface area (Å²) in [6.07, 6.45) is 5.53. The fourth-order valence-corrected chi connectivity index (χ4v) is 1.92. The van der Waals surface area contributed by atoms with Crippen molar-refractivity contribution in [2.75, 3.05) is 0 Å². The molecule has 2 rings (SSSR count). The van der Waals surface area contributed by atoms with Gasteiger partial charge in [-0.25, -0.2) is 10.4 Å². The van der Waals surface area contributed by atoms with Crippen molar-refractivity contribution < 1.29 is 0 Å². The Labute approximate surface area is 101 Å². The molecular weight excluding hydrogens is 214 g/mol. The monoisotopic (exact) mass is 231 g/mol. The summed E-state index contributed by atoms with van der Waals surface area (Å²) in [6, 6.07) is 3.86. The fraction of sp³-hybridized carbons (Fsp3) is 0.333. The second-order valence-corrected chi connectivity index (χ2v) is 3.90. The Bertz CT molecular complexity index is 491. The van der Waals surface area contributed by atoms with E-state index in [1.807, 2.05) is 25.3 Å². The minimum atomic E-state index is -0.105. The van der Waals surface area contributed by atoms with E-state index in [9.17, 15) is 0 Å². The lowest BCUT2D eigenvalue weighted by Crippen LogP contribution is -2.31. The number of hydrazine groups is 1. The van der Waals surface area contributed by atoms with E-state index in [2.05, 4.69) is 26.9 Å². The molecule has 1 unspecified atom stereocenters. The zero-order valence-corrected chi connectivity index (χ0v) is 10.1. The summed E-state index contributed by atoms with van der Waals surface area (Å²) < 4.78 is 2.07. The van der Waals surface area contributed by atoms with E-state index in [4.69, 9.17) is 5.84 Å². The summed E-state index contributed by atoms with van der Waals surface area (Å²) in [5.41, 5.74) is 4.85. The zero-order chi connectivity index (χ0) is 12.3. The lowest BCUT2D eigenvalue weighted by molar-refractivity contribution is 0.560. The Morgan fingerprint density at radius 3 is 2.88 bits per heavy atom. The number of nitrogens with two attached hydrogens (primary N) is 1. The van der Waals surface area contributed by atoms with Crippen molar-refractivity contribution in [1.29, 1.82) is 0 Å². The second kappa shape index (κ2) is 5.07. The molecule has 0 radical (unpaired) electrons. The molecule has 0 spiro atoms. The average molecular weight is 231 g/mol. The number of aromatic nitrogens is 3. The maximum atomic E-state index is 5.65. The number of hydrogen-bond donors (Lipinski definition) is 2. The third kappa shape index (κ3) is 2.35. The van der Waals surface area contributed by atoms with Gasteiger partial charge in [0.25, 0.3) is 0 Å². The average Bonchev–Trinajstić information content (AvgIpc) is 2.78. The van der Waals surface area contributed by atoms with Crippen LogP contribution in [0, 0.1) is 6.92 Å². The van der Waals surface area contributed by atoms with Crippen LogP contribution in [0.3, 0.4) is 0 Å². The molecule has 5 nitrogen and oxygen atoms in total. The quantitative estimate of drug-likeness (QED) is 0.612. The van der Waals surface area contributed by atoms with E-state index >= 15 is 0 Å². The van der Waals surface area contributed by atoms with Gasteiger partial charge in [0.15, 0.2) is 0 Å². The van der Waals surface area contributed by atoms with Gasteiger partial charge in [0, 0.05) is 30.8 Å². The van der Waals surface area contributed by atoms with Gasteiger partial charge in [-0.2, -0.15) is 0 Å². The highest BCUT2D eigenvalue weighted by Gasteiger charge is 2.17. The number of aryl methyl sites for hydroxylation is 2. The van der Waals surface area contributed by atoms with Crippen molar-refractivity contribution in [2.45, 2.75) is 26.4 Å². The van der Waals surface area contributed by atoms with Crippen LogP contribution in [-0.4, -0.2) is 14.5 Å². The van der Waals surface area contributed by atoms with Crippen LogP contribution in [0.1, 0.15) is 30.0 Å². The predicted octanol–water partition coefficient (Wildman–Crippen LogP) is 1.16. The van der Waals surface area contributed by atoms with E-state index in [1.54, 1.807) is 12.4 Å². The van der Waals surface area contributed by atoms with E-state index < -0.39 is 0 Å². The smallest absolute Gasteiger partial charge is 0.131 e. The normalized spacial score (nSPS) is 12.6. The van der Waals surface area contributed by atoms with Crippen LogP contribution in [0.4, 0.5) is 0 Å². The highest BCUT2D eigenvalue weighted by atomic mass is 15.3. The summed E-state index contributed by atoms with van der Waals surface area (Å²) in [5.74, 6) is 6.56. The number of imidazole rings is 1. The lowest BCUT2D eigenvalue weighted by atomic mass is 10.1. The number of nitrogens with zero attached hydrogens (tertiary/aromatic N) is 3. The van der Waals surface area contributed by atoms with E-state index in [0.29, 0.717) is 0 Å². The Balaban J connectivity index is 2.40. The molecule has 3 N–H and O–H groups in total.